The van der Waals surface area contributed by atoms with Gasteiger partial charge in [-0.15, -0.1) is 12.3 Å². The average Bonchev–Trinajstić information content (AvgIpc) is 1.71. The van der Waals surface area contributed by atoms with Gasteiger partial charge in [-0.1, -0.05) is 0 Å². The zero-order chi connectivity index (χ0) is 7.21. The normalized spacial score (nSPS) is 8.00. The maximum atomic E-state index is 6.00. The maximum absolute atomic E-state index is 6.00. The summed E-state index contributed by atoms with van der Waals surface area (Å²) in [5.41, 5.74) is 0.0694. The molecular weight excluding hydrogens is 100 g/mol. The van der Waals surface area contributed by atoms with Gasteiger partial charge < -0.3 is 0 Å². The van der Waals surface area contributed by atoms with Crippen molar-refractivity contribution in [1.29, 1.82) is 10.8 Å². The van der Waals surface area contributed by atoms with Gasteiger partial charge in [-0.3, -0.25) is 0 Å². The second-order valence-electron chi connectivity index (χ2n) is 2.39. The molecule has 8 heavy (non-hydrogen) atoms. The fourth-order valence-electron chi connectivity index (χ4n) is 0. The third-order valence-corrected chi connectivity index (χ3v) is 0.433. The van der Waals surface area contributed by atoms with Crippen LogP contribution in [0.15, 0.2) is 0 Å². The smallest absolute Gasteiger partial charge is 0.0227 e. The minimum absolute atomic E-state index is 0.0694. The molecule has 0 bridgehead atoms. The molecule has 0 aliphatic carbocycles. The number of nitrogens with zero attached hydrogens (tertiary/aromatic N) is 2. The van der Waals surface area contributed by atoms with E-state index in [1.807, 2.05) is 20.8 Å². The molecule has 0 saturated heterocycles. The summed E-state index contributed by atoms with van der Waals surface area (Å²) in [4.78, 5) is 0. The summed E-state index contributed by atoms with van der Waals surface area (Å²) in [6, 6.07) is 0. The van der Waals surface area contributed by atoms with Crippen molar-refractivity contribution >= 4 is 0 Å². The molecule has 0 rings (SSSR count). The van der Waals surface area contributed by atoms with Gasteiger partial charge in [0.2, 0.25) is 0 Å². The number of hydrogen-bond acceptors (Lipinski definition) is 2. The highest BCUT2D eigenvalue weighted by atomic mass is 14.6. The molecule has 0 N–H and O–H groups in total. The van der Waals surface area contributed by atoms with Gasteiger partial charge in [0.05, 0.1) is 0 Å². The van der Waals surface area contributed by atoms with Crippen LogP contribution in [0.2, 0.25) is 0 Å². The van der Waals surface area contributed by atoms with Gasteiger partial charge in [-0.05, 0) is 20.8 Å². The van der Waals surface area contributed by atoms with Gasteiger partial charge >= 0.3 is 0 Å². The molecule has 0 unspecified atom stereocenters. The molecule has 0 amide bonds. The highest BCUT2D eigenvalue weighted by Crippen LogP contribution is 2.08. The van der Waals surface area contributed by atoms with E-state index in [1.165, 1.54) is 0 Å². The van der Waals surface area contributed by atoms with Crippen molar-refractivity contribution in [3.8, 4) is 12.3 Å². The van der Waals surface area contributed by atoms with Crippen LogP contribution >= 0.6 is 0 Å². The molecule has 0 saturated carbocycles. The molecule has 0 atom stereocenters. The molecule has 0 aliphatic heterocycles. The fraction of sp³-hybridized carbons (Fsp3) is 0.667. The standard InChI is InChI=1S/C6H10.N2/c1-5-6(2,3)4;1-2/h1H,2-4H3;. The van der Waals surface area contributed by atoms with Gasteiger partial charge in [0.25, 0.3) is 0 Å². The lowest BCUT2D eigenvalue weighted by molar-refractivity contribution is 0.571. The lowest BCUT2D eigenvalue weighted by atomic mass is 9.99. The Bertz CT molecular complexity index is 99.9. The highest BCUT2D eigenvalue weighted by Gasteiger charge is 2.00. The van der Waals surface area contributed by atoms with Crippen LogP contribution < -0.4 is 0 Å². The minimum atomic E-state index is 0.0694. The SMILES string of the molecule is C#CC(C)(C)C.N#N. The molecule has 0 radical (unpaired) electrons. The lowest BCUT2D eigenvalue weighted by Gasteiger charge is -2.04. The van der Waals surface area contributed by atoms with E-state index >= 15 is 0 Å². The Kier molecular flexibility index (Phi) is 5.22. The summed E-state index contributed by atoms with van der Waals surface area (Å²) in [5, 5.41) is 12.0. The quantitative estimate of drug-likeness (QED) is 0.352. The number of rotatable bonds is 0. The third kappa shape index (κ3) is 20.1. The molecule has 2 heteroatoms. The zero-order valence-corrected chi connectivity index (χ0v) is 5.47. The van der Waals surface area contributed by atoms with Gasteiger partial charge in [0.15, 0.2) is 0 Å². The maximum Gasteiger partial charge on any atom is 0.0227 e. The van der Waals surface area contributed by atoms with Crippen LogP contribution in [0.25, 0.3) is 0 Å². The molecular formula is C6H10N2. The Morgan fingerprint density at radius 3 is 1.38 bits per heavy atom. The first kappa shape index (κ1) is 10.1. The van der Waals surface area contributed by atoms with E-state index in [0.717, 1.165) is 0 Å². The van der Waals surface area contributed by atoms with Crippen LogP contribution in [0.5, 0.6) is 0 Å². The van der Waals surface area contributed by atoms with Crippen molar-refractivity contribution in [2.24, 2.45) is 5.41 Å². The predicted octanol–water partition coefficient (Wildman–Crippen LogP) is 1.70. The van der Waals surface area contributed by atoms with Gasteiger partial charge in [0, 0.05) is 16.2 Å². The van der Waals surface area contributed by atoms with E-state index in [4.69, 9.17) is 17.2 Å². The summed E-state index contributed by atoms with van der Waals surface area (Å²) in [6.45, 7) is 6.02. The van der Waals surface area contributed by atoms with Crippen molar-refractivity contribution in [2.75, 3.05) is 0 Å². The summed E-state index contributed by atoms with van der Waals surface area (Å²) in [5.74, 6) is 2.60. The van der Waals surface area contributed by atoms with Crippen molar-refractivity contribution in [1.82, 2.24) is 0 Å². The Morgan fingerprint density at radius 2 is 1.38 bits per heavy atom. The molecule has 0 heterocycles. The van der Waals surface area contributed by atoms with Crippen molar-refractivity contribution in [3.63, 3.8) is 0 Å². The van der Waals surface area contributed by atoms with Gasteiger partial charge in [0.1, 0.15) is 0 Å². The summed E-state index contributed by atoms with van der Waals surface area (Å²) in [7, 11) is 0. The van der Waals surface area contributed by atoms with Crippen molar-refractivity contribution in [3.05, 3.63) is 0 Å². The molecule has 0 aromatic heterocycles. The number of terminal acetylenes is 1. The summed E-state index contributed by atoms with van der Waals surface area (Å²) in [6.07, 6.45) is 5.06. The third-order valence-electron chi connectivity index (χ3n) is 0.433. The first-order valence-electron chi connectivity index (χ1n) is 2.24. The van der Waals surface area contributed by atoms with Crippen LogP contribution in [0.4, 0.5) is 0 Å². The Balaban J connectivity index is 0. The predicted molar refractivity (Wildman–Crippen MR) is 31.7 cm³/mol. The molecule has 0 aliphatic rings. The van der Waals surface area contributed by atoms with E-state index in [-0.39, 0.29) is 5.41 Å². The molecule has 0 spiro atoms. The fourth-order valence-corrected chi connectivity index (χ4v) is 0. The van der Waals surface area contributed by atoms with Crippen LogP contribution in [0.1, 0.15) is 20.8 Å². The minimum Gasteiger partial charge on any atom is -0.120 e. The van der Waals surface area contributed by atoms with Gasteiger partial charge in [-0.25, -0.2) is 0 Å². The zero-order valence-electron chi connectivity index (χ0n) is 5.47. The second kappa shape index (κ2) is 4.15. The molecule has 0 aromatic carbocycles. The monoisotopic (exact) mass is 110 g/mol. The topological polar surface area (TPSA) is 47.6 Å². The van der Waals surface area contributed by atoms with Crippen LogP contribution in [0.3, 0.4) is 0 Å². The van der Waals surface area contributed by atoms with Crippen molar-refractivity contribution < 1.29 is 0 Å². The van der Waals surface area contributed by atoms with Crippen LogP contribution in [-0.4, -0.2) is 0 Å². The van der Waals surface area contributed by atoms with Gasteiger partial charge in [-0.2, -0.15) is 0 Å². The van der Waals surface area contributed by atoms with Crippen LogP contribution in [-0.2, 0) is 0 Å². The average molecular weight is 110 g/mol. The Morgan fingerprint density at radius 1 is 1.25 bits per heavy atom. The van der Waals surface area contributed by atoms with E-state index < -0.39 is 0 Å². The van der Waals surface area contributed by atoms with Crippen molar-refractivity contribution in [2.45, 2.75) is 20.8 Å². The van der Waals surface area contributed by atoms with E-state index in [1.54, 1.807) is 0 Å². The Labute approximate surface area is 50.3 Å². The van der Waals surface area contributed by atoms with Crippen LogP contribution in [0, 0.1) is 28.5 Å². The molecule has 44 valence electrons. The summed E-state index contributed by atoms with van der Waals surface area (Å²) < 4.78 is 0. The highest BCUT2D eigenvalue weighted by molar-refractivity contribution is 4.96. The molecule has 0 aromatic rings. The van der Waals surface area contributed by atoms with E-state index in [2.05, 4.69) is 5.92 Å². The first-order valence-corrected chi connectivity index (χ1v) is 2.24. The Hall–Kier alpha value is -1.02. The van der Waals surface area contributed by atoms with E-state index in [0.29, 0.717) is 0 Å². The second-order valence-corrected chi connectivity index (χ2v) is 2.39. The lowest BCUT2D eigenvalue weighted by Crippen LogP contribution is -1.97. The molecule has 0 fully saturated rings. The largest absolute Gasteiger partial charge is 0.120 e. The van der Waals surface area contributed by atoms with E-state index in [9.17, 15) is 0 Å². The first-order chi connectivity index (χ1) is 3.56. The molecule has 2 nitrogen and oxygen atoms in total. The number of hydrogen-bond donors (Lipinski definition) is 0. The summed E-state index contributed by atoms with van der Waals surface area (Å²) >= 11 is 0.